The van der Waals surface area contributed by atoms with Gasteiger partial charge in [-0.3, -0.25) is 0 Å². The Balaban J connectivity index is 2.67. The van der Waals surface area contributed by atoms with E-state index < -0.39 is 0 Å². The van der Waals surface area contributed by atoms with Crippen molar-refractivity contribution in [3.8, 4) is 5.75 Å². The molecule has 0 aliphatic carbocycles. The Morgan fingerprint density at radius 2 is 2.21 bits per heavy atom. The lowest BCUT2D eigenvalue weighted by atomic mass is 10.2. The molecule has 0 saturated heterocycles. The Kier molecular flexibility index (Phi) is 4.66. The molecule has 0 aliphatic heterocycles. The number of anilines is 1. The summed E-state index contributed by atoms with van der Waals surface area (Å²) >= 11 is 1.91. The van der Waals surface area contributed by atoms with E-state index in [9.17, 15) is 0 Å². The van der Waals surface area contributed by atoms with Crippen LogP contribution in [-0.2, 0) is 5.75 Å². The van der Waals surface area contributed by atoms with Crippen LogP contribution in [0.2, 0.25) is 0 Å². The Labute approximate surface area is 89.8 Å². The van der Waals surface area contributed by atoms with Crippen LogP contribution in [0, 0.1) is 0 Å². The standard InChI is InChI=1S/C11H17NOS/c1-3-6-14-8-9-7-10(12)4-5-11(9)13-2/h4-5,7H,3,6,8,12H2,1-2H3. The summed E-state index contributed by atoms with van der Waals surface area (Å²) in [6.07, 6.45) is 1.20. The summed E-state index contributed by atoms with van der Waals surface area (Å²) in [5.41, 5.74) is 7.71. The SMILES string of the molecule is CCCSCc1cc(N)ccc1OC. The lowest BCUT2D eigenvalue weighted by Gasteiger charge is -2.08. The Morgan fingerprint density at radius 1 is 1.43 bits per heavy atom. The largest absolute Gasteiger partial charge is 0.496 e. The number of nitrogen functional groups attached to an aromatic ring is 1. The maximum absolute atomic E-state index is 5.72. The van der Waals surface area contributed by atoms with Crippen LogP contribution < -0.4 is 10.5 Å². The number of benzene rings is 1. The molecule has 1 aromatic carbocycles. The van der Waals surface area contributed by atoms with Gasteiger partial charge in [0.25, 0.3) is 0 Å². The van der Waals surface area contributed by atoms with E-state index >= 15 is 0 Å². The average Bonchev–Trinajstić information content (AvgIpc) is 2.19. The maximum Gasteiger partial charge on any atom is 0.123 e. The average molecular weight is 211 g/mol. The second-order valence-electron chi connectivity index (χ2n) is 3.12. The van der Waals surface area contributed by atoms with E-state index in [0.717, 1.165) is 17.2 Å². The summed E-state index contributed by atoms with van der Waals surface area (Å²) in [6.45, 7) is 2.18. The van der Waals surface area contributed by atoms with Crippen molar-refractivity contribution in [3.63, 3.8) is 0 Å². The zero-order valence-electron chi connectivity index (χ0n) is 8.75. The van der Waals surface area contributed by atoms with E-state index in [1.165, 1.54) is 17.7 Å². The molecule has 3 heteroatoms. The Bertz CT molecular complexity index is 289. The first-order valence-electron chi connectivity index (χ1n) is 4.78. The van der Waals surface area contributed by atoms with E-state index in [4.69, 9.17) is 10.5 Å². The molecule has 0 amide bonds. The van der Waals surface area contributed by atoms with Crippen molar-refractivity contribution in [1.29, 1.82) is 0 Å². The lowest BCUT2D eigenvalue weighted by Crippen LogP contribution is -1.93. The van der Waals surface area contributed by atoms with Gasteiger partial charge in [-0.2, -0.15) is 11.8 Å². The molecule has 1 rings (SSSR count). The molecule has 0 unspecified atom stereocenters. The first-order valence-corrected chi connectivity index (χ1v) is 5.93. The minimum absolute atomic E-state index is 0.804. The van der Waals surface area contributed by atoms with Crippen LogP contribution in [0.1, 0.15) is 18.9 Å². The monoisotopic (exact) mass is 211 g/mol. The first-order chi connectivity index (χ1) is 6.77. The minimum Gasteiger partial charge on any atom is -0.496 e. The quantitative estimate of drug-likeness (QED) is 0.601. The van der Waals surface area contributed by atoms with Gasteiger partial charge >= 0.3 is 0 Å². The third-order valence-electron chi connectivity index (χ3n) is 1.91. The molecule has 0 spiro atoms. The highest BCUT2D eigenvalue weighted by molar-refractivity contribution is 7.98. The number of ether oxygens (including phenoxy) is 1. The molecule has 2 N–H and O–H groups in total. The van der Waals surface area contributed by atoms with Gasteiger partial charge in [-0.05, 0) is 30.4 Å². The second-order valence-corrected chi connectivity index (χ2v) is 4.23. The molecule has 78 valence electrons. The number of methoxy groups -OCH3 is 1. The number of rotatable bonds is 5. The normalized spacial score (nSPS) is 10.1. The van der Waals surface area contributed by atoms with Crippen molar-refractivity contribution in [2.45, 2.75) is 19.1 Å². The third-order valence-corrected chi connectivity index (χ3v) is 3.12. The van der Waals surface area contributed by atoms with Gasteiger partial charge in [-0.25, -0.2) is 0 Å². The second kappa shape index (κ2) is 5.81. The fraction of sp³-hybridized carbons (Fsp3) is 0.455. The van der Waals surface area contributed by atoms with Crippen molar-refractivity contribution in [3.05, 3.63) is 23.8 Å². The van der Waals surface area contributed by atoms with Gasteiger partial charge in [0.15, 0.2) is 0 Å². The fourth-order valence-corrected chi connectivity index (χ4v) is 2.12. The summed E-state index contributed by atoms with van der Waals surface area (Å²) in [4.78, 5) is 0. The molecule has 0 radical (unpaired) electrons. The summed E-state index contributed by atoms with van der Waals surface area (Å²) in [5, 5.41) is 0. The molecule has 0 atom stereocenters. The van der Waals surface area contributed by atoms with Crippen LogP contribution in [0.15, 0.2) is 18.2 Å². The minimum atomic E-state index is 0.804. The predicted octanol–water partition coefficient (Wildman–Crippen LogP) is 2.92. The molecule has 14 heavy (non-hydrogen) atoms. The Morgan fingerprint density at radius 3 is 2.86 bits per heavy atom. The topological polar surface area (TPSA) is 35.2 Å². The van der Waals surface area contributed by atoms with Crippen LogP contribution in [-0.4, -0.2) is 12.9 Å². The van der Waals surface area contributed by atoms with Crippen molar-refractivity contribution in [1.82, 2.24) is 0 Å². The highest BCUT2D eigenvalue weighted by atomic mass is 32.2. The van der Waals surface area contributed by atoms with Gasteiger partial charge in [0.05, 0.1) is 7.11 Å². The summed E-state index contributed by atoms with van der Waals surface area (Å²) < 4.78 is 5.26. The summed E-state index contributed by atoms with van der Waals surface area (Å²) in [7, 11) is 1.69. The van der Waals surface area contributed by atoms with Crippen molar-refractivity contribution < 1.29 is 4.74 Å². The van der Waals surface area contributed by atoms with Gasteiger partial charge in [-0.15, -0.1) is 0 Å². The van der Waals surface area contributed by atoms with E-state index in [2.05, 4.69) is 6.92 Å². The van der Waals surface area contributed by atoms with Crippen LogP contribution in [0.3, 0.4) is 0 Å². The lowest BCUT2D eigenvalue weighted by molar-refractivity contribution is 0.411. The highest BCUT2D eigenvalue weighted by Crippen LogP contribution is 2.25. The number of nitrogens with two attached hydrogens (primary N) is 1. The van der Waals surface area contributed by atoms with Crippen LogP contribution in [0.25, 0.3) is 0 Å². The maximum atomic E-state index is 5.72. The Hall–Kier alpha value is -0.830. The number of hydrogen-bond acceptors (Lipinski definition) is 3. The van der Waals surface area contributed by atoms with Gasteiger partial charge in [0.1, 0.15) is 5.75 Å². The van der Waals surface area contributed by atoms with Gasteiger partial charge in [0.2, 0.25) is 0 Å². The molecular weight excluding hydrogens is 194 g/mol. The van der Waals surface area contributed by atoms with E-state index in [-0.39, 0.29) is 0 Å². The van der Waals surface area contributed by atoms with Gasteiger partial charge < -0.3 is 10.5 Å². The van der Waals surface area contributed by atoms with Gasteiger partial charge in [0, 0.05) is 17.0 Å². The van der Waals surface area contributed by atoms with Crippen molar-refractivity contribution in [2.24, 2.45) is 0 Å². The molecule has 0 aliphatic rings. The smallest absolute Gasteiger partial charge is 0.123 e. The zero-order valence-corrected chi connectivity index (χ0v) is 9.56. The van der Waals surface area contributed by atoms with Crippen LogP contribution in [0.5, 0.6) is 5.75 Å². The molecule has 1 aromatic rings. The number of thioether (sulfide) groups is 1. The van der Waals surface area contributed by atoms with E-state index in [1.54, 1.807) is 7.11 Å². The van der Waals surface area contributed by atoms with Crippen molar-refractivity contribution >= 4 is 17.4 Å². The molecule has 0 bridgehead atoms. The summed E-state index contributed by atoms with van der Waals surface area (Å²) in [6, 6.07) is 5.78. The molecule has 0 fully saturated rings. The van der Waals surface area contributed by atoms with E-state index in [1.807, 2.05) is 30.0 Å². The molecule has 0 aromatic heterocycles. The van der Waals surface area contributed by atoms with Crippen LogP contribution in [0.4, 0.5) is 5.69 Å². The van der Waals surface area contributed by atoms with E-state index in [0.29, 0.717) is 0 Å². The molecule has 2 nitrogen and oxygen atoms in total. The fourth-order valence-electron chi connectivity index (χ4n) is 1.24. The molecule has 0 heterocycles. The van der Waals surface area contributed by atoms with Crippen molar-refractivity contribution in [2.75, 3.05) is 18.6 Å². The van der Waals surface area contributed by atoms with Gasteiger partial charge in [-0.1, -0.05) is 6.92 Å². The highest BCUT2D eigenvalue weighted by Gasteiger charge is 2.02. The first kappa shape index (κ1) is 11.2. The zero-order chi connectivity index (χ0) is 10.4. The predicted molar refractivity (Wildman–Crippen MR) is 63.9 cm³/mol. The number of hydrogen-bond donors (Lipinski definition) is 1. The third kappa shape index (κ3) is 3.14. The van der Waals surface area contributed by atoms with Crippen LogP contribution >= 0.6 is 11.8 Å². The molecule has 0 saturated carbocycles. The summed E-state index contributed by atoms with van der Waals surface area (Å²) in [5.74, 6) is 3.09. The molecular formula is C11H17NOS.